The van der Waals surface area contributed by atoms with E-state index in [1.54, 1.807) is 17.0 Å². The Morgan fingerprint density at radius 1 is 0.758 bits per heavy atom. The zero-order valence-electron chi connectivity index (χ0n) is 37.8. The molecule has 6 heterocycles. The predicted octanol–water partition coefficient (Wildman–Crippen LogP) is 10.4. The van der Waals surface area contributed by atoms with Gasteiger partial charge in [-0.1, -0.05) is 57.4 Å². The maximum absolute atomic E-state index is 16.1. The number of hydrogen-bond donors (Lipinski definition) is 0. The number of aromatic nitrogens is 6. The van der Waals surface area contributed by atoms with Crippen molar-refractivity contribution in [2.45, 2.75) is 110 Å². The van der Waals surface area contributed by atoms with Gasteiger partial charge >= 0.3 is 0 Å². The van der Waals surface area contributed by atoms with Gasteiger partial charge in [-0.05, 0) is 109 Å². The highest BCUT2D eigenvalue weighted by atomic mass is 19.1. The summed E-state index contributed by atoms with van der Waals surface area (Å²) in [6.45, 7) is 6.54. The molecule has 0 bridgehead atoms. The first-order chi connectivity index (χ1) is 31.9. The number of aryl methyl sites for hydroxylation is 2. The van der Waals surface area contributed by atoms with Crippen molar-refractivity contribution in [3.8, 4) is 50.8 Å². The third kappa shape index (κ3) is 7.11. The summed E-state index contributed by atoms with van der Waals surface area (Å²) in [6.07, 6.45) is 16.0. The summed E-state index contributed by atoms with van der Waals surface area (Å²) in [4.78, 5) is 40.7. The molecular formula is C53H53F2N9O2. The van der Waals surface area contributed by atoms with Crippen LogP contribution in [-0.2, 0) is 32.5 Å². The van der Waals surface area contributed by atoms with Crippen molar-refractivity contribution in [3.05, 3.63) is 119 Å². The molecule has 2 aromatic carbocycles. The average molecular weight is 886 g/mol. The number of fused-ring (bicyclic) bond motifs is 3. The predicted molar refractivity (Wildman–Crippen MR) is 246 cm³/mol. The number of rotatable bonds is 11. The number of nitrogens with zero attached hydrogens (tertiary/aromatic N) is 9. The van der Waals surface area contributed by atoms with E-state index in [-0.39, 0.29) is 45.9 Å². The maximum atomic E-state index is 16.1. The SMILES string of the molecule is CN1C(=O)c2cc(-c3nc(F)ccc3-c3cnn(CC4(C)CCCC4)c3F)ccc2C1C1CCCC1(C)Cn1cc(-c2cc3c(nc2-c2ccc4c(c2)C(=O)N(CCC#N)C4)CCC3)cn1. The van der Waals surface area contributed by atoms with Gasteiger partial charge in [0.15, 0.2) is 0 Å². The highest BCUT2D eigenvalue weighted by Crippen LogP contribution is 2.55. The Kier molecular flexibility index (Phi) is 10.3. The number of amides is 2. The van der Waals surface area contributed by atoms with Gasteiger partial charge < -0.3 is 9.80 Å². The van der Waals surface area contributed by atoms with Crippen LogP contribution < -0.4 is 0 Å². The molecule has 0 saturated heterocycles. The third-order valence-electron chi connectivity index (χ3n) is 15.7. The normalized spacial score (nSPS) is 21.8. The van der Waals surface area contributed by atoms with E-state index in [0.29, 0.717) is 54.9 Å². The first kappa shape index (κ1) is 42.1. The monoisotopic (exact) mass is 885 g/mol. The molecule has 2 fully saturated rings. The summed E-state index contributed by atoms with van der Waals surface area (Å²) < 4.78 is 34.5. The maximum Gasteiger partial charge on any atom is 0.254 e. The minimum Gasteiger partial charge on any atom is -0.334 e. The van der Waals surface area contributed by atoms with Crippen LogP contribution in [0.25, 0.3) is 44.8 Å². The van der Waals surface area contributed by atoms with Gasteiger partial charge in [0.2, 0.25) is 11.9 Å². The molecule has 3 aliphatic carbocycles. The molecule has 4 aromatic heterocycles. The number of carbonyl (C=O) groups is 2. The molecule has 11 nitrogen and oxygen atoms in total. The molecule has 6 aromatic rings. The van der Waals surface area contributed by atoms with Gasteiger partial charge in [-0.3, -0.25) is 19.3 Å². The number of hydrogen-bond acceptors (Lipinski definition) is 7. The summed E-state index contributed by atoms with van der Waals surface area (Å²) in [6, 6.07) is 18.7. The number of pyridine rings is 2. The summed E-state index contributed by atoms with van der Waals surface area (Å²) in [5, 5.41) is 18.5. The zero-order chi connectivity index (χ0) is 45.5. The number of halogens is 2. The van der Waals surface area contributed by atoms with Crippen LogP contribution in [0.3, 0.4) is 0 Å². The van der Waals surface area contributed by atoms with E-state index in [1.807, 2.05) is 47.1 Å². The van der Waals surface area contributed by atoms with Crippen molar-refractivity contribution in [2.75, 3.05) is 13.6 Å². The fourth-order valence-electron chi connectivity index (χ4n) is 12.2. The Morgan fingerprint density at radius 3 is 2.36 bits per heavy atom. The van der Waals surface area contributed by atoms with Crippen LogP contribution in [0, 0.1) is 40.0 Å². The fourth-order valence-corrected chi connectivity index (χ4v) is 12.2. The fraction of sp³-hybridized carbons (Fsp3) is 0.415. The smallest absolute Gasteiger partial charge is 0.254 e. The molecular weight excluding hydrogens is 833 g/mol. The van der Waals surface area contributed by atoms with E-state index < -0.39 is 11.9 Å². The lowest BCUT2D eigenvalue weighted by molar-refractivity contribution is 0.0583. The first-order valence-electron chi connectivity index (χ1n) is 23.6. The largest absolute Gasteiger partial charge is 0.334 e. The van der Waals surface area contributed by atoms with Crippen LogP contribution in [0.2, 0.25) is 0 Å². The van der Waals surface area contributed by atoms with Crippen molar-refractivity contribution in [2.24, 2.45) is 16.7 Å². The first-order valence-corrected chi connectivity index (χ1v) is 23.6. The quantitative estimate of drug-likeness (QED) is 0.119. The van der Waals surface area contributed by atoms with E-state index in [1.165, 1.54) is 22.5 Å². The highest BCUT2D eigenvalue weighted by Gasteiger charge is 2.49. The highest BCUT2D eigenvalue weighted by molar-refractivity contribution is 6.01. The van der Waals surface area contributed by atoms with Gasteiger partial charge in [-0.2, -0.15) is 24.2 Å². The zero-order valence-corrected chi connectivity index (χ0v) is 37.8. The molecule has 0 N–H and O–H groups in total. The van der Waals surface area contributed by atoms with Crippen LogP contribution in [-0.4, -0.2) is 64.7 Å². The molecule has 11 rings (SSSR count). The molecule has 2 aliphatic heterocycles. The molecule has 66 heavy (non-hydrogen) atoms. The standard InChI is InChI=1S/C53H53F2N9O2/c1-52(18-4-5-19-52)30-64-49(55)42(27-58-64)37-16-17-45(54)60-46(37)34-14-15-38-41(25-34)50(65)61(3)48(38)43-10-7-20-53(43,2)31-63-29-36(26-57-63)39-23-32-9-6-11-44(32)59-47(39)33-12-13-35-28-62(22-8-21-56)51(66)40(35)24-33/h12-17,23-27,29,43,48H,4-11,18-20,22,28,30-31H2,1-3H3. The van der Waals surface area contributed by atoms with Crippen molar-refractivity contribution in [3.63, 3.8) is 0 Å². The molecule has 2 amide bonds. The van der Waals surface area contributed by atoms with Gasteiger partial charge in [0.1, 0.15) is 0 Å². The minimum absolute atomic E-state index is 0.0182. The summed E-state index contributed by atoms with van der Waals surface area (Å²) in [5.74, 6) is -1.18. The Hall–Kier alpha value is -6.55. The second kappa shape index (κ2) is 16.1. The van der Waals surface area contributed by atoms with Crippen molar-refractivity contribution >= 4 is 11.8 Å². The topological polar surface area (TPSA) is 126 Å². The number of carbonyl (C=O) groups excluding carboxylic acids is 2. The minimum atomic E-state index is -0.686. The second-order valence-electron chi connectivity index (χ2n) is 20.1. The van der Waals surface area contributed by atoms with Gasteiger partial charge in [0, 0.05) is 84.1 Å². The Bertz CT molecular complexity index is 3000. The van der Waals surface area contributed by atoms with E-state index in [9.17, 15) is 14.0 Å². The molecule has 13 heteroatoms. The summed E-state index contributed by atoms with van der Waals surface area (Å²) >= 11 is 0. The van der Waals surface area contributed by atoms with Crippen molar-refractivity contribution in [1.82, 2.24) is 39.3 Å². The van der Waals surface area contributed by atoms with E-state index in [4.69, 9.17) is 15.3 Å². The van der Waals surface area contributed by atoms with Crippen molar-refractivity contribution < 1.29 is 18.4 Å². The molecule has 3 unspecified atom stereocenters. The van der Waals surface area contributed by atoms with Crippen LogP contribution >= 0.6 is 0 Å². The summed E-state index contributed by atoms with van der Waals surface area (Å²) in [7, 11) is 1.87. The Labute approximate surface area is 383 Å². The second-order valence-corrected chi connectivity index (χ2v) is 20.1. The molecule has 3 atom stereocenters. The van der Waals surface area contributed by atoms with Gasteiger partial charge in [0.05, 0.1) is 47.9 Å². The Balaban J connectivity index is 0.872. The van der Waals surface area contributed by atoms with Crippen molar-refractivity contribution in [1.29, 1.82) is 5.26 Å². The molecule has 2 saturated carbocycles. The average Bonchev–Trinajstić information content (AvgIpc) is 4.21. The Morgan fingerprint density at radius 2 is 1.55 bits per heavy atom. The van der Waals surface area contributed by atoms with Gasteiger partial charge in [0.25, 0.3) is 11.8 Å². The van der Waals surface area contributed by atoms with E-state index >= 15 is 4.39 Å². The lowest BCUT2D eigenvalue weighted by Crippen LogP contribution is -2.37. The number of benzene rings is 2. The molecule has 0 radical (unpaired) electrons. The van der Waals surface area contributed by atoms with Crippen LogP contribution in [0.15, 0.2) is 73.2 Å². The van der Waals surface area contributed by atoms with Gasteiger partial charge in [-0.25, -0.2) is 9.67 Å². The van der Waals surface area contributed by atoms with Gasteiger partial charge in [-0.15, -0.1) is 0 Å². The lowest BCUT2D eigenvalue weighted by atomic mass is 9.73. The molecule has 336 valence electrons. The third-order valence-corrected chi connectivity index (χ3v) is 15.7. The van der Waals surface area contributed by atoms with Crippen LogP contribution in [0.1, 0.15) is 121 Å². The summed E-state index contributed by atoms with van der Waals surface area (Å²) in [5.41, 5.74) is 10.4. The lowest BCUT2D eigenvalue weighted by Gasteiger charge is -2.38. The van der Waals surface area contributed by atoms with Crippen LogP contribution in [0.5, 0.6) is 0 Å². The number of nitriles is 1. The molecule has 0 spiro atoms. The molecule has 5 aliphatic rings. The van der Waals surface area contributed by atoms with E-state index in [2.05, 4.69) is 48.3 Å². The van der Waals surface area contributed by atoms with Crippen LogP contribution in [0.4, 0.5) is 8.78 Å². The van der Waals surface area contributed by atoms with E-state index in [0.717, 1.165) is 103 Å².